The Bertz CT molecular complexity index is 487. The van der Waals surface area contributed by atoms with Crippen LogP contribution in [0, 0.1) is 16.7 Å². The van der Waals surface area contributed by atoms with Gasteiger partial charge in [-0.3, -0.25) is 4.79 Å². The third-order valence-electron chi connectivity index (χ3n) is 3.93. The molecule has 4 heteroatoms. The Kier molecular flexibility index (Phi) is 4.75. The minimum absolute atomic E-state index is 0.161. The van der Waals surface area contributed by atoms with Gasteiger partial charge in [0.05, 0.1) is 6.07 Å². The van der Waals surface area contributed by atoms with Crippen LogP contribution < -0.4 is 5.32 Å². The van der Waals surface area contributed by atoms with Crippen LogP contribution in [0.1, 0.15) is 31.2 Å². The first-order valence-corrected chi connectivity index (χ1v) is 7.00. The van der Waals surface area contributed by atoms with Gasteiger partial charge in [0.15, 0.2) is 0 Å². The van der Waals surface area contributed by atoms with Gasteiger partial charge in [0.25, 0.3) is 0 Å². The molecular weight excluding hydrogens is 252 g/mol. The summed E-state index contributed by atoms with van der Waals surface area (Å²) in [6.07, 6.45) is 0.962. The second-order valence-electron chi connectivity index (χ2n) is 5.33. The Morgan fingerprint density at radius 3 is 2.65 bits per heavy atom. The smallest absolute Gasteiger partial charge is 0.240 e. The molecule has 0 aromatic heterocycles. The number of hydrogen-bond donors (Lipinski definition) is 1. The number of carbonyl (C=O) groups excluding carboxylic acids is 1. The predicted octanol–water partition coefficient (Wildman–Crippen LogP) is 2.23. The van der Waals surface area contributed by atoms with Crippen LogP contribution in [-0.4, -0.2) is 25.7 Å². The summed E-state index contributed by atoms with van der Waals surface area (Å²) in [6, 6.07) is 12.2. The zero-order valence-corrected chi connectivity index (χ0v) is 11.8. The second-order valence-corrected chi connectivity index (χ2v) is 5.33. The third kappa shape index (κ3) is 3.17. The largest absolute Gasteiger partial charge is 0.381 e. The number of nitrogens with zero attached hydrogens (tertiary/aromatic N) is 1. The van der Waals surface area contributed by atoms with Crippen LogP contribution in [0.5, 0.6) is 0 Å². The summed E-state index contributed by atoms with van der Waals surface area (Å²) >= 11 is 0. The molecule has 1 N–H and O–H groups in total. The van der Waals surface area contributed by atoms with Crippen LogP contribution in [-0.2, 0) is 9.53 Å². The van der Waals surface area contributed by atoms with Gasteiger partial charge in [-0.25, -0.2) is 0 Å². The van der Waals surface area contributed by atoms with Gasteiger partial charge in [-0.2, -0.15) is 5.26 Å². The molecule has 106 valence electrons. The predicted molar refractivity (Wildman–Crippen MR) is 76.0 cm³/mol. The maximum absolute atomic E-state index is 12.3. The lowest BCUT2D eigenvalue weighted by atomic mass is 9.80. The van der Waals surface area contributed by atoms with E-state index < -0.39 is 5.41 Å². The molecule has 0 saturated carbocycles. The first-order valence-electron chi connectivity index (χ1n) is 7.00. The van der Waals surface area contributed by atoms with Crippen molar-refractivity contribution in [3.05, 3.63) is 35.9 Å². The van der Waals surface area contributed by atoms with Crippen molar-refractivity contribution in [1.29, 1.82) is 5.26 Å². The molecule has 0 spiro atoms. The van der Waals surface area contributed by atoms with Gasteiger partial charge in [-0.1, -0.05) is 37.3 Å². The van der Waals surface area contributed by atoms with Crippen LogP contribution in [0.3, 0.4) is 0 Å². The first-order chi connectivity index (χ1) is 9.68. The Morgan fingerprint density at radius 2 is 2.05 bits per heavy atom. The summed E-state index contributed by atoms with van der Waals surface area (Å²) in [4.78, 5) is 12.3. The molecule has 1 aliphatic heterocycles. The summed E-state index contributed by atoms with van der Waals surface area (Å²) in [6.45, 7) is 3.58. The van der Waals surface area contributed by atoms with E-state index in [1.165, 1.54) is 5.56 Å². The van der Waals surface area contributed by atoms with E-state index in [1.807, 2.05) is 30.3 Å². The number of hydrogen-bond acceptors (Lipinski definition) is 3. The average Bonchev–Trinajstić information content (AvgIpc) is 2.53. The van der Waals surface area contributed by atoms with Gasteiger partial charge in [0.1, 0.15) is 5.41 Å². The average molecular weight is 272 g/mol. The fourth-order valence-electron chi connectivity index (χ4n) is 2.42. The molecule has 1 heterocycles. The summed E-state index contributed by atoms with van der Waals surface area (Å²) < 4.78 is 5.24. The van der Waals surface area contributed by atoms with Gasteiger partial charge < -0.3 is 10.1 Å². The SMILES string of the molecule is CC(CNC(=O)C1(C#N)CCOCC1)c1ccccc1. The first kappa shape index (κ1) is 14.5. The summed E-state index contributed by atoms with van der Waals surface area (Å²) in [5, 5.41) is 12.3. The van der Waals surface area contributed by atoms with Crippen LogP contribution in [0.2, 0.25) is 0 Å². The number of nitriles is 1. The van der Waals surface area contributed by atoms with Crippen LogP contribution >= 0.6 is 0 Å². The highest BCUT2D eigenvalue weighted by atomic mass is 16.5. The zero-order chi connectivity index (χ0) is 14.4. The highest BCUT2D eigenvalue weighted by Crippen LogP contribution is 2.30. The lowest BCUT2D eigenvalue weighted by molar-refractivity contribution is -0.132. The van der Waals surface area contributed by atoms with Crippen molar-refractivity contribution in [2.75, 3.05) is 19.8 Å². The van der Waals surface area contributed by atoms with Gasteiger partial charge in [0, 0.05) is 19.8 Å². The normalized spacial score (nSPS) is 18.8. The van der Waals surface area contributed by atoms with E-state index >= 15 is 0 Å². The van der Waals surface area contributed by atoms with E-state index in [9.17, 15) is 10.1 Å². The summed E-state index contributed by atoms with van der Waals surface area (Å²) in [5.74, 6) is 0.0711. The molecule has 1 aromatic carbocycles. The van der Waals surface area contributed by atoms with Gasteiger partial charge in [-0.15, -0.1) is 0 Å². The number of amides is 1. The Balaban J connectivity index is 1.93. The number of nitrogens with one attached hydrogen (secondary N) is 1. The van der Waals surface area contributed by atoms with Gasteiger partial charge in [0.2, 0.25) is 5.91 Å². The summed E-state index contributed by atoms with van der Waals surface area (Å²) in [7, 11) is 0. The quantitative estimate of drug-likeness (QED) is 0.914. The Morgan fingerprint density at radius 1 is 1.40 bits per heavy atom. The lowest BCUT2D eigenvalue weighted by Crippen LogP contribution is -2.44. The standard InChI is InChI=1S/C16H20N2O2/c1-13(14-5-3-2-4-6-14)11-18-15(19)16(12-17)7-9-20-10-8-16/h2-6,13H,7-11H2,1H3,(H,18,19). The van der Waals surface area contributed by atoms with E-state index in [0.717, 1.165) is 0 Å². The molecule has 1 aromatic rings. The molecule has 20 heavy (non-hydrogen) atoms. The molecule has 0 aliphatic carbocycles. The maximum Gasteiger partial charge on any atom is 0.240 e. The van der Waals surface area contributed by atoms with Crippen LogP contribution in [0.25, 0.3) is 0 Å². The van der Waals surface area contributed by atoms with Crippen molar-refractivity contribution in [1.82, 2.24) is 5.32 Å². The van der Waals surface area contributed by atoms with E-state index in [-0.39, 0.29) is 11.8 Å². The van der Waals surface area contributed by atoms with E-state index in [2.05, 4.69) is 18.3 Å². The number of benzene rings is 1. The molecule has 1 fully saturated rings. The van der Waals surface area contributed by atoms with Crippen molar-refractivity contribution in [3.8, 4) is 6.07 Å². The van der Waals surface area contributed by atoms with Gasteiger partial charge >= 0.3 is 0 Å². The fourth-order valence-corrected chi connectivity index (χ4v) is 2.42. The van der Waals surface area contributed by atoms with Crippen molar-refractivity contribution in [2.45, 2.75) is 25.7 Å². The number of ether oxygens (including phenoxy) is 1. The van der Waals surface area contributed by atoms with Crippen molar-refractivity contribution in [3.63, 3.8) is 0 Å². The molecular formula is C16H20N2O2. The van der Waals surface area contributed by atoms with Crippen molar-refractivity contribution >= 4 is 5.91 Å². The molecule has 1 aliphatic rings. The van der Waals surface area contributed by atoms with Crippen molar-refractivity contribution in [2.24, 2.45) is 5.41 Å². The molecule has 0 radical (unpaired) electrons. The number of rotatable bonds is 4. The highest BCUT2D eigenvalue weighted by Gasteiger charge is 2.40. The van der Waals surface area contributed by atoms with Crippen LogP contribution in [0.4, 0.5) is 0 Å². The fraction of sp³-hybridized carbons (Fsp3) is 0.500. The number of carbonyl (C=O) groups is 1. The molecule has 1 saturated heterocycles. The topological polar surface area (TPSA) is 62.1 Å². The minimum Gasteiger partial charge on any atom is -0.381 e. The molecule has 2 rings (SSSR count). The third-order valence-corrected chi connectivity index (χ3v) is 3.93. The lowest BCUT2D eigenvalue weighted by Gasteiger charge is -2.29. The molecule has 1 amide bonds. The molecule has 0 bridgehead atoms. The maximum atomic E-state index is 12.3. The van der Waals surface area contributed by atoms with E-state index in [0.29, 0.717) is 32.6 Å². The zero-order valence-electron chi connectivity index (χ0n) is 11.8. The Labute approximate surface area is 119 Å². The molecule has 4 nitrogen and oxygen atoms in total. The van der Waals surface area contributed by atoms with E-state index in [1.54, 1.807) is 0 Å². The monoisotopic (exact) mass is 272 g/mol. The molecule has 1 atom stereocenters. The highest BCUT2D eigenvalue weighted by molar-refractivity contribution is 5.85. The Hall–Kier alpha value is -1.86. The van der Waals surface area contributed by atoms with Gasteiger partial charge in [-0.05, 0) is 24.3 Å². The minimum atomic E-state index is -0.908. The molecule has 1 unspecified atom stereocenters. The van der Waals surface area contributed by atoms with E-state index in [4.69, 9.17) is 4.74 Å². The summed E-state index contributed by atoms with van der Waals surface area (Å²) in [5.41, 5.74) is 0.278. The second kappa shape index (κ2) is 6.53. The van der Waals surface area contributed by atoms with Crippen LogP contribution in [0.15, 0.2) is 30.3 Å². The van der Waals surface area contributed by atoms with Crippen molar-refractivity contribution < 1.29 is 9.53 Å².